The van der Waals surface area contributed by atoms with E-state index < -0.39 is 13.9 Å². The molecule has 0 bridgehead atoms. The molecule has 1 fully saturated rings. The van der Waals surface area contributed by atoms with Crippen LogP contribution in [-0.4, -0.2) is 45.6 Å². The molecule has 0 heterocycles. The Morgan fingerprint density at radius 2 is 1.78 bits per heavy atom. The van der Waals surface area contributed by atoms with Gasteiger partial charge in [0.05, 0.1) is 18.3 Å². The van der Waals surface area contributed by atoms with E-state index in [1.807, 2.05) is 13.0 Å². The minimum absolute atomic E-state index is 0.00820. The first-order chi connectivity index (χ1) is 12.3. The van der Waals surface area contributed by atoms with Crippen LogP contribution in [0.25, 0.3) is 0 Å². The highest BCUT2D eigenvalue weighted by Crippen LogP contribution is 2.62. The molecule has 2 rings (SSSR count). The average molecular weight is 399 g/mol. The van der Waals surface area contributed by atoms with Crippen LogP contribution in [0, 0.1) is 10.8 Å². The Morgan fingerprint density at radius 1 is 1.11 bits per heavy atom. The lowest BCUT2D eigenvalue weighted by Gasteiger charge is -2.61. The van der Waals surface area contributed by atoms with Gasteiger partial charge in [0, 0.05) is 12.5 Å². The van der Waals surface area contributed by atoms with Gasteiger partial charge in [-0.05, 0) is 62.6 Å². The molecule has 1 N–H and O–H groups in total. The van der Waals surface area contributed by atoms with Gasteiger partial charge in [0.15, 0.2) is 8.32 Å². The van der Waals surface area contributed by atoms with Gasteiger partial charge in [-0.15, -0.1) is 0 Å². The molecule has 0 amide bonds. The Morgan fingerprint density at radius 3 is 2.22 bits per heavy atom. The Bertz CT molecular complexity index is 537. The third kappa shape index (κ3) is 4.69. The molecule has 0 spiro atoms. The third-order valence-corrected chi connectivity index (χ3v) is 12.2. The van der Waals surface area contributed by atoms with Crippen molar-refractivity contribution in [3.63, 3.8) is 0 Å². The maximum atomic E-state index is 10.5. The van der Waals surface area contributed by atoms with E-state index >= 15 is 0 Å². The van der Waals surface area contributed by atoms with Crippen LogP contribution in [0.2, 0.25) is 18.1 Å². The Balaban J connectivity index is 2.24. The highest BCUT2D eigenvalue weighted by molar-refractivity contribution is 6.74. The number of hydrogen-bond donors (Lipinski definition) is 1. The number of allylic oxidation sites excluding steroid dienone is 1. The smallest absolute Gasteiger partial charge is 0.192 e. The fourth-order valence-electron chi connectivity index (χ4n) is 4.33. The first-order valence-corrected chi connectivity index (χ1v) is 13.4. The van der Waals surface area contributed by atoms with Crippen LogP contribution >= 0.6 is 0 Å². The van der Waals surface area contributed by atoms with Crippen LogP contribution in [0.1, 0.15) is 66.7 Å². The van der Waals surface area contributed by atoms with Crippen molar-refractivity contribution in [3.05, 3.63) is 12.2 Å². The van der Waals surface area contributed by atoms with Crippen molar-refractivity contribution in [3.8, 4) is 0 Å². The van der Waals surface area contributed by atoms with Crippen LogP contribution in [0.15, 0.2) is 12.2 Å². The van der Waals surface area contributed by atoms with E-state index in [4.69, 9.17) is 13.9 Å². The van der Waals surface area contributed by atoms with Gasteiger partial charge < -0.3 is 19.0 Å². The number of methoxy groups -OCH3 is 1. The Kier molecular flexibility index (Phi) is 6.76. The summed E-state index contributed by atoms with van der Waals surface area (Å²) >= 11 is 0. The monoisotopic (exact) mass is 398 g/mol. The molecule has 27 heavy (non-hydrogen) atoms. The lowest BCUT2D eigenvalue weighted by molar-refractivity contribution is -0.137. The van der Waals surface area contributed by atoms with Crippen molar-refractivity contribution in [2.75, 3.05) is 20.5 Å². The van der Waals surface area contributed by atoms with Crippen LogP contribution in [0.4, 0.5) is 0 Å². The summed E-state index contributed by atoms with van der Waals surface area (Å²) < 4.78 is 17.6. The zero-order chi connectivity index (χ0) is 20.6. The molecule has 0 aliphatic heterocycles. The molecule has 0 saturated heterocycles. The van der Waals surface area contributed by atoms with E-state index in [9.17, 15) is 5.11 Å². The first kappa shape index (κ1) is 23.1. The summed E-state index contributed by atoms with van der Waals surface area (Å²) in [5.41, 5.74) is -0.604. The summed E-state index contributed by atoms with van der Waals surface area (Å²) in [5, 5.41) is 10.7. The largest absolute Gasteiger partial charge is 0.413 e. The summed E-state index contributed by atoms with van der Waals surface area (Å²) in [5.74, 6) is 0. The minimum Gasteiger partial charge on any atom is -0.413 e. The van der Waals surface area contributed by atoms with E-state index in [1.54, 1.807) is 7.11 Å². The standard InChI is InChI=1S/C22H42O4Si/c1-19(2,3)27(7,8)26-18-9-10-21(18,5)22(15-16-25-17-24-6)13-11-20(4,23)12-14-22/h11,13,18,23H,9-10,12,14-17H2,1-8H3/t18-,20?,21+,22-/m1/s1. The summed E-state index contributed by atoms with van der Waals surface area (Å²) in [6, 6.07) is 0. The number of aliphatic hydroxyl groups is 1. The maximum absolute atomic E-state index is 10.5. The highest BCUT2D eigenvalue weighted by atomic mass is 28.4. The number of rotatable bonds is 8. The Labute approximate surface area is 167 Å². The van der Waals surface area contributed by atoms with Gasteiger partial charge in [0.25, 0.3) is 0 Å². The summed E-state index contributed by atoms with van der Waals surface area (Å²) in [6.45, 7) is 16.9. The summed E-state index contributed by atoms with van der Waals surface area (Å²) in [7, 11) is -0.163. The fraction of sp³-hybridized carbons (Fsp3) is 0.909. The van der Waals surface area contributed by atoms with Gasteiger partial charge in [-0.2, -0.15) is 0 Å². The quantitative estimate of drug-likeness (QED) is 0.262. The van der Waals surface area contributed by atoms with Crippen molar-refractivity contribution in [1.29, 1.82) is 0 Å². The van der Waals surface area contributed by atoms with Crippen LogP contribution in [0.5, 0.6) is 0 Å². The molecule has 0 aromatic rings. The molecule has 158 valence electrons. The van der Waals surface area contributed by atoms with Gasteiger partial charge >= 0.3 is 0 Å². The Hall–Kier alpha value is -0.203. The van der Waals surface area contributed by atoms with E-state index in [0.717, 1.165) is 25.7 Å². The highest BCUT2D eigenvalue weighted by Gasteiger charge is 2.59. The van der Waals surface area contributed by atoms with Crippen molar-refractivity contribution in [2.24, 2.45) is 10.8 Å². The topological polar surface area (TPSA) is 47.9 Å². The predicted octanol–water partition coefficient (Wildman–Crippen LogP) is 5.27. The molecule has 1 unspecified atom stereocenters. The molecule has 0 aromatic heterocycles. The molecule has 5 heteroatoms. The molecule has 2 aliphatic carbocycles. The third-order valence-electron chi connectivity index (χ3n) is 7.75. The molecular formula is C22H42O4Si. The molecule has 1 saturated carbocycles. The van der Waals surface area contributed by atoms with Crippen molar-refractivity contribution in [2.45, 2.75) is 96.6 Å². The van der Waals surface area contributed by atoms with Crippen molar-refractivity contribution in [1.82, 2.24) is 0 Å². The van der Waals surface area contributed by atoms with Gasteiger partial charge in [0.1, 0.15) is 6.79 Å². The van der Waals surface area contributed by atoms with Crippen LogP contribution < -0.4 is 0 Å². The predicted molar refractivity (Wildman–Crippen MR) is 113 cm³/mol. The number of hydrogen-bond acceptors (Lipinski definition) is 4. The van der Waals surface area contributed by atoms with E-state index in [0.29, 0.717) is 13.4 Å². The van der Waals surface area contributed by atoms with Crippen LogP contribution in [0.3, 0.4) is 0 Å². The summed E-state index contributed by atoms with van der Waals surface area (Å²) in [4.78, 5) is 0. The summed E-state index contributed by atoms with van der Waals surface area (Å²) in [6.07, 6.45) is 9.59. The van der Waals surface area contributed by atoms with E-state index in [1.165, 1.54) is 6.42 Å². The second-order valence-corrected chi connectivity index (χ2v) is 15.5. The molecule has 4 atom stereocenters. The van der Waals surface area contributed by atoms with Crippen LogP contribution in [-0.2, 0) is 13.9 Å². The lowest BCUT2D eigenvalue weighted by atomic mass is 9.48. The molecule has 0 radical (unpaired) electrons. The van der Waals surface area contributed by atoms with Gasteiger partial charge in [-0.3, -0.25) is 0 Å². The molecule has 0 aromatic carbocycles. The second-order valence-electron chi connectivity index (χ2n) is 10.7. The maximum Gasteiger partial charge on any atom is 0.192 e. The van der Waals surface area contributed by atoms with Crippen molar-refractivity contribution < 1.29 is 19.0 Å². The van der Waals surface area contributed by atoms with Gasteiger partial charge in [0.2, 0.25) is 0 Å². The fourth-order valence-corrected chi connectivity index (χ4v) is 5.78. The zero-order valence-electron chi connectivity index (χ0n) is 18.9. The lowest BCUT2D eigenvalue weighted by Crippen LogP contribution is -2.60. The molecule has 2 aliphatic rings. The second kappa shape index (κ2) is 7.90. The van der Waals surface area contributed by atoms with Gasteiger partial charge in [-0.25, -0.2) is 0 Å². The molecular weight excluding hydrogens is 356 g/mol. The SMILES string of the molecule is COCOCC[C@@]1([C@@]2(C)CC[C@H]2O[Si](C)(C)C(C)(C)C)C=CC(C)(O)CC1. The normalized spacial score (nSPS) is 37.3. The zero-order valence-corrected chi connectivity index (χ0v) is 19.9. The van der Waals surface area contributed by atoms with Gasteiger partial charge in [-0.1, -0.05) is 39.8 Å². The first-order valence-electron chi connectivity index (χ1n) is 10.5. The number of ether oxygens (including phenoxy) is 2. The molecule has 4 nitrogen and oxygen atoms in total. The van der Waals surface area contributed by atoms with E-state index in [2.05, 4.69) is 46.9 Å². The van der Waals surface area contributed by atoms with E-state index in [-0.39, 0.29) is 22.0 Å². The van der Waals surface area contributed by atoms with Crippen molar-refractivity contribution >= 4 is 8.32 Å². The average Bonchev–Trinajstić information content (AvgIpc) is 2.56. The minimum atomic E-state index is -1.82.